The molecular weight excluding hydrogens is 386 g/mol. The summed E-state index contributed by atoms with van der Waals surface area (Å²) >= 11 is 6.30. The third-order valence-electron chi connectivity index (χ3n) is 5.88. The van der Waals surface area contributed by atoms with Crippen LogP contribution >= 0.6 is 11.6 Å². The van der Waals surface area contributed by atoms with Crippen LogP contribution < -0.4 is 5.32 Å². The lowest BCUT2D eigenvalue weighted by atomic mass is 9.84. The van der Waals surface area contributed by atoms with Crippen LogP contribution in [0.4, 0.5) is 0 Å². The predicted molar refractivity (Wildman–Crippen MR) is 119 cm³/mol. The Bertz CT molecular complexity index is 698. The van der Waals surface area contributed by atoms with Crippen LogP contribution in [-0.4, -0.2) is 79.4 Å². The molecule has 0 spiro atoms. The summed E-state index contributed by atoms with van der Waals surface area (Å²) in [4.78, 5) is 23.8. The normalized spacial score (nSPS) is 18.4. The second-order valence-corrected chi connectivity index (χ2v) is 8.39. The molecule has 1 saturated heterocycles. The fraction of sp³-hybridized carbons (Fsp3) is 0.636. The molecule has 2 aliphatic rings. The molecule has 0 bridgehead atoms. The van der Waals surface area contributed by atoms with Gasteiger partial charge in [0.2, 0.25) is 5.91 Å². The van der Waals surface area contributed by atoms with Gasteiger partial charge >= 0.3 is 0 Å². The lowest BCUT2D eigenvalue weighted by Gasteiger charge is -2.38. The van der Waals surface area contributed by atoms with E-state index in [1.165, 1.54) is 6.42 Å². The number of benzene rings is 1. The van der Waals surface area contributed by atoms with Gasteiger partial charge in [0.05, 0.1) is 6.54 Å². The van der Waals surface area contributed by atoms with Crippen LogP contribution in [0.2, 0.25) is 5.02 Å². The first-order chi connectivity index (χ1) is 14.1. The predicted octanol–water partition coefficient (Wildman–Crippen LogP) is 2.68. The Morgan fingerprint density at radius 1 is 1.24 bits per heavy atom. The van der Waals surface area contributed by atoms with E-state index in [9.17, 15) is 4.79 Å². The highest BCUT2D eigenvalue weighted by atomic mass is 35.5. The number of piperazine rings is 1. The minimum atomic E-state index is 0.308. The Morgan fingerprint density at radius 3 is 2.59 bits per heavy atom. The van der Waals surface area contributed by atoms with E-state index < -0.39 is 0 Å². The van der Waals surface area contributed by atoms with Crippen LogP contribution in [0.1, 0.15) is 31.7 Å². The summed E-state index contributed by atoms with van der Waals surface area (Å²) in [5.41, 5.74) is 1.09. The first-order valence-electron chi connectivity index (χ1n) is 10.8. The Kier molecular flexibility index (Phi) is 8.19. The summed E-state index contributed by atoms with van der Waals surface area (Å²) in [5, 5.41) is 4.15. The number of carbonyl (C=O) groups is 1. The summed E-state index contributed by atoms with van der Waals surface area (Å²) in [6.07, 6.45) is 3.39. The molecule has 1 aromatic rings. The van der Waals surface area contributed by atoms with E-state index >= 15 is 0 Å². The van der Waals surface area contributed by atoms with Crippen molar-refractivity contribution in [3.05, 3.63) is 34.9 Å². The Labute approximate surface area is 179 Å². The molecule has 2 fully saturated rings. The number of rotatable bonds is 7. The zero-order chi connectivity index (χ0) is 20.6. The first kappa shape index (κ1) is 21.9. The fourth-order valence-corrected chi connectivity index (χ4v) is 4.02. The van der Waals surface area contributed by atoms with E-state index in [0.29, 0.717) is 18.4 Å². The van der Waals surface area contributed by atoms with Crippen LogP contribution in [0.5, 0.6) is 0 Å². The first-order valence-corrected chi connectivity index (χ1v) is 11.2. The lowest BCUT2D eigenvalue weighted by molar-refractivity contribution is -0.139. The van der Waals surface area contributed by atoms with Crippen LogP contribution in [0.3, 0.4) is 0 Å². The molecule has 7 heteroatoms. The third kappa shape index (κ3) is 6.09. The van der Waals surface area contributed by atoms with Crippen molar-refractivity contribution in [2.75, 3.05) is 52.9 Å². The van der Waals surface area contributed by atoms with Gasteiger partial charge in [-0.25, -0.2) is 0 Å². The maximum absolute atomic E-state index is 12.4. The zero-order valence-corrected chi connectivity index (χ0v) is 18.5. The van der Waals surface area contributed by atoms with E-state index in [1.54, 1.807) is 0 Å². The van der Waals surface area contributed by atoms with Crippen molar-refractivity contribution in [1.82, 2.24) is 20.0 Å². The number of hydrogen-bond acceptors (Lipinski definition) is 3. The van der Waals surface area contributed by atoms with E-state index in [2.05, 4.69) is 26.9 Å². The topological polar surface area (TPSA) is 51.2 Å². The molecule has 0 unspecified atom stereocenters. The molecule has 1 heterocycles. The molecule has 0 atom stereocenters. The van der Waals surface area contributed by atoms with Gasteiger partial charge in [-0.1, -0.05) is 36.2 Å². The van der Waals surface area contributed by atoms with E-state index in [0.717, 1.165) is 75.2 Å². The van der Waals surface area contributed by atoms with Gasteiger partial charge in [0.25, 0.3) is 0 Å². The van der Waals surface area contributed by atoms with Crippen molar-refractivity contribution in [3.8, 4) is 0 Å². The molecule has 1 saturated carbocycles. The van der Waals surface area contributed by atoms with Gasteiger partial charge in [-0.2, -0.15) is 0 Å². The second-order valence-electron chi connectivity index (χ2n) is 7.98. The van der Waals surface area contributed by atoms with E-state index in [-0.39, 0.29) is 0 Å². The lowest BCUT2D eigenvalue weighted by Crippen LogP contribution is -2.51. The van der Waals surface area contributed by atoms with Crippen molar-refractivity contribution in [2.24, 2.45) is 10.9 Å². The highest BCUT2D eigenvalue weighted by Gasteiger charge is 2.30. The van der Waals surface area contributed by atoms with Gasteiger partial charge in [0.15, 0.2) is 5.96 Å². The van der Waals surface area contributed by atoms with Crippen LogP contribution in [-0.2, 0) is 11.3 Å². The number of hydrogen-bond donors (Lipinski definition) is 1. The standard InChI is InChI=1S/C22H34ClN5O/c1-3-24-22(26(2)17-19-7-4-5-10-20(19)23)25-11-12-27-13-15-28(16-14-27)21(29)18-8-6-9-18/h4-5,7,10,18H,3,6,8-9,11-17H2,1-2H3,(H,24,25). The number of carbonyl (C=O) groups excluding carboxylic acids is 1. The van der Waals surface area contributed by atoms with Crippen molar-refractivity contribution in [1.29, 1.82) is 0 Å². The smallest absolute Gasteiger partial charge is 0.225 e. The van der Waals surface area contributed by atoms with Crippen molar-refractivity contribution in [3.63, 3.8) is 0 Å². The van der Waals surface area contributed by atoms with Gasteiger partial charge in [-0.05, 0) is 31.4 Å². The van der Waals surface area contributed by atoms with Gasteiger partial charge in [-0.15, -0.1) is 0 Å². The Morgan fingerprint density at radius 2 is 1.97 bits per heavy atom. The monoisotopic (exact) mass is 419 g/mol. The molecular formula is C22H34ClN5O. The maximum atomic E-state index is 12.4. The van der Waals surface area contributed by atoms with E-state index in [4.69, 9.17) is 16.6 Å². The summed E-state index contributed by atoms with van der Waals surface area (Å²) in [5.74, 6) is 1.58. The van der Waals surface area contributed by atoms with E-state index in [1.807, 2.05) is 31.3 Å². The molecule has 6 nitrogen and oxygen atoms in total. The molecule has 1 aliphatic carbocycles. The summed E-state index contributed by atoms with van der Waals surface area (Å²) < 4.78 is 0. The maximum Gasteiger partial charge on any atom is 0.225 e. The zero-order valence-electron chi connectivity index (χ0n) is 17.7. The third-order valence-corrected chi connectivity index (χ3v) is 6.25. The molecule has 1 aliphatic heterocycles. The molecule has 1 N–H and O–H groups in total. The molecule has 160 valence electrons. The number of guanidine groups is 1. The van der Waals surface area contributed by atoms with Crippen LogP contribution in [0.25, 0.3) is 0 Å². The molecule has 0 aromatic heterocycles. The van der Waals surface area contributed by atoms with Gasteiger partial charge in [0.1, 0.15) is 0 Å². The summed E-state index contributed by atoms with van der Waals surface area (Å²) in [7, 11) is 2.04. The van der Waals surface area contributed by atoms with Gasteiger partial charge < -0.3 is 15.1 Å². The highest BCUT2D eigenvalue weighted by Crippen LogP contribution is 2.28. The number of aliphatic imine (C=N–C) groups is 1. The fourth-order valence-electron chi connectivity index (χ4n) is 3.83. The number of nitrogens with zero attached hydrogens (tertiary/aromatic N) is 4. The van der Waals surface area contributed by atoms with Gasteiger partial charge in [-0.3, -0.25) is 14.7 Å². The molecule has 1 aromatic carbocycles. The van der Waals surface area contributed by atoms with Crippen LogP contribution in [0.15, 0.2) is 29.3 Å². The highest BCUT2D eigenvalue weighted by molar-refractivity contribution is 6.31. The number of nitrogens with one attached hydrogen (secondary N) is 1. The summed E-state index contributed by atoms with van der Waals surface area (Å²) in [6, 6.07) is 7.93. The van der Waals surface area contributed by atoms with Crippen molar-refractivity contribution >= 4 is 23.5 Å². The minimum absolute atomic E-state index is 0.308. The number of amides is 1. The minimum Gasteiger partial charge on any atom is -0.357 e. The Balaban J connectivity index is 1.45. The Hall–Kier alpha value is -1.79. The quantitative estimate of drug-likeness (QED) is 0.545. The van der Waals surface area contributed by atoms with Crippen molar-refractivity contribution in [2.45, 2.75) is 32.7 Å². The molecule has 3 rings (SSSR count). The number of halogens is 1. The average molecular weight is 420 g/mol. The molecule has 1 amide bonds. The average Bonchev–Trinajstić information content (AvgIpc) is 2.68. The largest absolute Gasteiger partial charge is 0.357 e. The molecule has 0 radical (unpaired) electrons. The SMILES string of the molecule is CCNC(=NCCN1CCN(C(=O)C2CCC2)CC1)N(C)Cc1ccccc1Cl. The summed E-state index contributed by atoms with van der Waals surface area (Å²) in [6.45, 7) is 8.88. The van der Waals surface area contributed by atoms with Crippen LogP contribution in [0, 0.1) is 5.92 Å². The van der Waals surface area contributed by atoms with Crippen molar-refractivity contribution < 1.29 is 4.79 Å². The second kappa shape index (κ2) is 10.8. The van der Waals surface area contributed by atoms with Gasteiger partial charge in [0, 0.05) is 63.8 Å². The molecule has 29 heavy (non-hydrogen) atoms.